The molecule has 1 aromatic carbocycles. The summed E-state index contributed by atoms with van der Waals surface area (Å²) in [6, 6.07) is 4.16. The number of aromatic nitrogens is 2. The SMILES string of the molecule is COc1ccc(-c2[nH]ncc2C(=O)O)cc1[N+](=O)[O-]. The standard InChI is InChI=1S/C11H9N3O5/c1-19-9-3-2-6(4-8(9)14(17)18)10-7(11(15)16)5-12-13-10/h2-5H,1H3,(H,12,13)(H,15,16). The average molecular weight is 263 g/mol. The van der Waals surface area contributed by atoms with Crippen molar-refractivity contribution in [2.24, 2.45) is 0 Å². The van der Waals surface area contributed by atoms with E-state index in [0.29, 0.717) is 5.56 Å². The molecule has 0 unspecified atom stereocenters. The summed E-state index contributed by atoms with van der Waals surface area (Å²) >= 11 is 0. The van der Waals surface area contributed by atoms with E-state index in [1.165, 1.54) is 25.3 Å². The second-order valence-corrected chi connectivity index (χ2v) is 3.61. The van der Waals surface area contributed by atoms with E-state index in [-0.39, 0.29) is 22.7 Å². The Hall–Kier alpha value is -2.90. The van der Waals surface area contributed by atoms with Crippen LogP contribution in [-0.2, 0) is 0 Å². The van der Waals surface area contributed by atoms with Crippen LogP contribution in [0.1, 0.15) is 10.4 Å². The minimum absolute atomic E-state index is 0.0561. The normalized spacial score (nSPS) is 10.2. The van der Waals surface area contributed by atoms with E-state index >= 15 is 0 Å². The van der Waals surface area contributed by atoms with Crippen LogP contribution < -0.4 is 4.74 Å². The van der Waals surface area contributed by atoms with E-state index in [1.54, 1.807) is 0 Å². The van der Waals surface area contributed by atoms with Crippen molar-refractivity contribution < 1.29 is 19.6 Å². The molecule has 19 heavy (non-hydrogen) atoms. The van der Waals surface area contributed by atoms with Crippen molar-refractivity contribution in [3.05, 3.63) is 40.1 Å². The molecule has 0 aliphatic rings. The number of aromatic amines is 1. The lowest BCUT2D eigenvalue weighted by Crippen LogP contribution is -1.98. The number of carboxylic acids is 1. The molecule has 0 fully saturated rings. The van der Waals surface area contributed by atoms with Crippen LogP contribution in [0.3, 0.4) is 0 Å². The third-order valence-electron chi connectivity index (χ3n) is 2.53. The Morgan fingerprint density at radius 3 is 2.84 bits per heavy atom. The number of nitrogens with zero attached hydrogens (tertiary/aromatic N) is 2. The van der Waals surface area contributed by atoms with Crippen molar-refractivity contribution in [1.82, 2.24) is 10.2 Å². The number of nitrogens with one attached hydrogen (secondary N) is 1. The largest absolute Gasteiger partial charge is 0.490 e. The number of methoxy groups -OCH3 is 1. The first kappa shape index (κ1) is 12.6. The molecule has 0 saturated carbocycles. The van der Waals surface area contributed by atoms with Crippen molar-refractivity contribution in [3.63, 3.8) is 0 Å². The quantitative estimate of drug-likeness (QED) is 0.640. The van der Waals surface area contributed by atoms with Gasteiger partial charge in [-0.25, -0.2) is 4.79 Å². The summed E-state index contributed by atoms with van der Waals surface area (Å²) in [5, 5.41) is 26.0. The second-order valence-electron chi connectivity index (χ2n) is 3.61. The van der Waals surface area contributed by atoms with E-state index < -0.39 is 10.9 Å². The summed E-state index contributed by atoms with van der Waals surface area (Å²) in [7, 11) is 1.32. The number of ether oxygens (including phenoxy) is 1. The van der Waals surface area contributed by atoms with E-state index in [0.717, 1.165) is 6.20 Å². The number of carboxylic acid groups (broad SMARTS) is 1. The van der Waals surface area contributed by atoms with Crippen LogP contribution in [0.4, 0.5) is 5.69 Å². The van der Waals surface area contributed by atoms with Gasteiger partial charge in [0.15, 0.2) is 5.75 Å². The molecule has 2 aromatic rings. The van der Waals surface area contributed by atoms with E-state index in [9.17, 15) is 14.9 Å². The number of H-pyrrole nitrogens is 1. The first-order valence-corrected chi connectivity index (χ1v) is 5.14. The number of hydrogen-bond acceptors (Lipinski definition) is 5. The van der Waals surface area contributed by atoms with Gasteiger partial charge in [-0.3, -0.25) is 15.2 Å². The Balaban J connectivity index is 2.57. The maximum Gasteiger partial charge on any atom is 0.339 e. The van der Waals surface area contributed by atoms with Gasteiger partial charge >= 0.3 is 11.7 Å². The van der Waals surface area contributed by atoms with Crippen molar-refractivity contribution in [3.8, 4) is 17.0 Å². The first-order valence-electron chi connectivity index (χ1n) is 5.14. The van der Waals surface area contributed by atoms with Crippen LogP contribution in [0, 0.1) is 10.1 Å². The van der Waals surface area contributed by atoms with Gasteiger partial charge in [-0.2, -0.15) is 5.10 Å². The maximum absolute atomic E-state index is 11.0. The molecule has 1 aromatic heterocycles. The number of carbonyl (C=O) groups is 1. The van der Waals surface area contributed by atoms with Gasteiger partial charge in [0.2, 0.25) is 0 Å². The maximum atomic E-state index is 11.0. The van der Waals surface area contributed by atoms with Crippen LogP contribution in [0.5, 0.6) is 5.75 Å². The van der Waals surface area contributed by atoms with Crippen molar-refractivity contribution in [2.75, 3.05) is 7.11 Å². The Morgan fingerprint density at radius 1 is 1.53 bits per heavy atom. The second kappa shape index (κ2) is 4.77. The fourth-order valence-electron chi connectivity index (χ4n) is 1.66. The molecule has 98 valence electrons. The van der Waals surface area contributed by atoms with Crippen LogP contribution in [-0.4, -0.2) is 33.3 Å². The fourth-order valence-corrected chi connectivity index (χ4v) is 1.66. The lowest BCUT2D eigenvalue weighted by Gasteiger charge is -2.04. The predicted octanol–water partition coefficient (Wildman–Crippen LogP) is 1.69. The molecule has 0 amide bonds. The summed E-state index contributed by atoms with van der Waals surface area (Å²) in [6.07, 6.45) is 1.15. The lowest BCUT2D eigenvalue weighted by molar-refractivity contribution is -0.385. The van der Waals surface area contributed by atoms with Gasteiger partial charge in [-0.05, 0) is 12.1 Å². The van der Waals surface area contributed by atoms with Crippen molar-refractivity contribution >= 4 is 11.7 Å². The van der Waals surface area contributed by atoms with Crippen LogP contribution >= 0.6 is 0 Å². The van der Waals surface area contributed by atoms with Crippen molar-refractivity contribution in [2.45, 2.75) is 0 Å². The Bertz CT molecular complexity index is 650. The number of aromatic carboxylic acids is 1. The molecule has 0 saturated heterocycles. The lowest BCUT2D eigenvalue weighted by atomic mass is 10.1. The molecule has 0 bridgehead atoms. The molecular formula is C11H9N3O5. The highest BCUT2D eigenvalue weighted by molar-refractivity contribution is 5.94. The highest BCUT2D eigenvalue weighted by atomic mass is 16.6. The topological polar surface area (TPSA) is 118 Å². The number of hydrogen-bond donors (Lipinski definition) is 2. The van der Waals surface area contributed by atoms with Gasteiger partial charge < -0.3 is 9.84 Å². The Morgan fingerprint density at radius 2 is 2.26 bits per heavy atom. The summed E-state index contributed by atoms with van der Waals surface area (Å²) in [5.41, 5.74) is 0.256. The third-order valence-corrected chi connectivity index (χ3v) is 2.53. The zero-order valence-electron chi connectivity index (χ0n) is 9.78. The minimum Gasteiger partial charge on any atom is -0.490 e. The summed E-state index contributed by atoms with van der Waals surface area (Å²) in [6.45, 7) is 0. The zero-order valence-corrected chi connectivity index (χ0v) is 9.78. The molecule has 8 nitrogen and oxygen atoms in total. The van der Waals surface area contributed by atoms with Crippen molar-refractivity contribution in [1.29, 1.82) is 0 Å². The predicted molar refractivity (Wildman–Crippen MR) is 64.2 cm³/mol. The molecule has 0 aliphatic heterocycles. The highest BCUT2D eigenvalue weighted by Crippen LogP contribution is 2.32. The zero-order chi connectivity index (χ0) is 14.0. The number of nitro groups is 1. The Labute approximate surface area is 106 Å². The van der Waals surface area contributed by atoms with Gasteiger partial charge in [0.1, 0.15) is 5.56 Å². The summed E-state index contributed by atoms with van der Waals surface area (Å²) in [4.78, 5) is 21.3. The van der Waals surface area contributed by atoms with Crippen LogP contribution in [0.2, 0.25) is 0 Å². The summed E-state index contributed by atoms with van der Waals surface area (Å²) in [5.74, 6) is -1.06. The molecule has 0 radical (unpaired) electrons. The average Bonchev–Trinajstić information content (AvgIpc) is 2.87. The fraction of sp³-hybridized carbons (Fsp3) is 0.0909. The van der Waals surface area contributed by atoms with Crippen LogP contribution in [0.15, 0.2) is 24.4 Å². The van der Waals surface area contributed by atoms with Gasteiger partial charge in [0.25, 0.3) is 0 Å². The highest BCUT2D eigenvalue weighted by Gasteiger charge is 2.19. The summed E-state index contributed by atoms with van der Waals surface area (Å²) < 4.78 is 4.87. The number of benzene rings is 1. The molecule has 0 spiro atoms. The van der Waals surface area contributed by atoms with Gasteiger partial charge in [-0.1, -0.05) is 0 Å². The number of nitro benzene ring substituents is 1. The minimum atomic E-state index is -1.16. The smallest absolute Gasteiger partial charge is 0.339 e. The monoisotopic (exact) mass is 263 g/mol. The molecule has 8 heteroatoms. The number of rotatable bonds is 4. The van der Waals surface area contributed by atoms with E-state index in [1.807, 2.05) is 0 Å². The van der Waals surface area contributed by atoms with E-state index in [4.69, 9.17) is 9.84 Å². The molecule has 0 aliphatic carbocycles. The van der Waals surface area contributed by atoms with E-state index in [2.05, 4.69) is 10.2 Å². The molecule has 0 atom stereocenters. The molecule has 1 heterocycles. The first-order chi connectivity index (χ1) is 9.04. The molecule has 2 rings (SSSR count). The van der Waals surface area contributed by atoms with Gasteiger partial charge in [0, 0.05) is 11.6 Å². The van der Waals surface area contributed by atoms with Gasteiger partial charge in [-0.15, -0.1) is 0 Å². The third kappa shape index (κ3) is 2.23. The Kier molecular flexibility index (Phi) is 3.15. The van der Waals surface area contributed by atoms with Crippen LogP contribution in [0.25, 0.3) is 11.3 Å². The molecule has 2 N–H and O–H groups in total. The molecular weight excluding hydrogens is 254 g/mol. The van der Waals surface area contributed by atoms with Gasteiger partial charge in [0.05, 0.1) is 23.9 Å².